The van der Waals surface area contributed by atoms with Crippen LogP contribution >= 0.6 is 0 Å². The molecule has 0 spiro atoms. The molecule has 0 bridgehead atoms. The van der Waals surface area contributed by atoms with Crippen molar-refractivity contribution in [1.82, 2.24) is 0 Å². The van der Waals surface area contributed by atoms with Crippen molar-refractivity contribution in [3.63, 3.8) is 0 Å². The minimum atomic E-state index is -0.793. The highest BCUT2D eigenvalue weighted by atomic mass is 16.6. The summed E-state index contributed by atoms with van der Waals surface area (Å²) in [5, 5.41) is 0. The first-order valence-electron chi connectivity index (χ1n) is 28.8. The van der Waals surface area contributed by atoms with E-state index in [4.69, 9.17) is 14.2 Å². The SMILES string of the molecule is CC/C=C\C/C=C\C/C=C\C/C=C\C/C=C\CCCC(=O)OC[C@H](COC(=O)CCCCCCCCCCCCCCC)OC(=O)CCCCCCCCCCCCCCCCCCCCC. The molecule has 0 aromatic rings. The molecule has 0 unspecified atom stereocenters. The molecule has 388 valence electrons. The number of esters is 3. The average molecular weight is 938 g/mol. The van der Waals surface area contributed by atoms with Crippen LogP contribution in [0.2, 0.25) is 0 Å². The number of unbranched alkanes of at least 4 members (excludes halogenated alkanes) is 31. The van der Waals surface area contributed by atoms with Gasteiger partial charge in [-0.15, -0.1) is 0 Å². The molecule has 0 amide bonds. The van der Waals surface area contributed by atoms with Crippen LogP contribution in [-0.2, 0) is 28.6 Å². The smallest absolute Gasteiger partial charge is 0.306 e. The van der Waals surface area contributed by atoms with Crippen molar-refractivity contribution < 1.29 is 28.6 Å². The molecule has 0 aliphatic carbocycles. The van der Waals surface area contributed by atoms with Gasteiger partial charge in [0.1, 0.15) is 13.2 Å². The molecule has 67 heavy (non-hydrogen) atoms. The van der Waals surface area contributed by atoms with Gasteiger partial charge in [-0.1, -0.05) is 274 Å². The first-order chi connectivity index (χ1) is 33.0. The van der Waals surface area contributed by atoms with E-state index in [0.29, 0.717) is 19.3 Å². The van der Waals surface area contributed by atoms with E-state index >= 15 is 0 Å². The number of rotatable bonds is 52. The van der Waals surface area contributed by atoms with E-state index in [0.717, 1.165) is 77.0 Å². The summed E-state index contributed by atoms with van der Waals surface area (Å²) in [6.07, 6.45) is 69.3. The number of carbonyl (C=O) groups is 3. The van der Waals surface area contributed by atoms with Crippen LogP contribution in [0, 0.1) is 0 Å². The molecular weight excluding hydrogens is 829 g/mol. The van der Waals surface area contributed by atoms with Crippen LogP contribution in [-0.4, -0.2) is 37.2 Å². The fourth-order valence-corrected chi connectivity index (χ4v) is 8.24. The van der Waals surface area contributed by atoms with Crippen LogP contribution in [0.5, 0.6) is 0 Å². The highest BCUT2D eigenvalue weighted by Gasteiger charge is 2.19. The number of hydrogen-bond acceptors (Lipinski definition) is 6. The molecule has 0 N–H and O–H groups in total. The molecule has 6 nitrogen and oxygen atoms in total. The quantitative estimate of drug-likeness (QED) is 0.0262. The van der Waals surface area contributed by atoms with E-state index in [-0.39, 0.29) is 37.5 Å². The fourth-order valence-electron chi connectivity index (χ4n) is 8.24. The topological polar surface area (TPSA) is 78.9 Å². The van der Waals surface area contributed by atoms with Gasteiger partial charge in [0.05, 0.1) is 0 Å². The Balaban J connectivity index is 4.41. The maximum absolute atomic E-state index is 12.9. The zero-order valence-electron chi connectivity index (χ0n) is 44.4. The zero-order valence-corrected chi connectivity index (χ0v) is 44.4. The lowest BCUT2D eigenvalue weighted by Gasteiger charge is -2.18. The number of carbonyl (C=O) groups excluding carboxylic acids is 3. The molecule has 0 fully saturated rings. The molecule has 0 aromatic heterocycles. The molecule has 0 aromatic carbocycles. The largest absolute Gasteiger partial charge is 0.462 e. The maximum Gasteiger partial charge on any atom is 0.306 e. The minimum Gasteiger partial charge on any atom is -0.462 e. The van der Waals surface area contributed by atoms with Gasteiger partial charge in [0.15, 0.2) is 6.10 Å². The minimum absolute atomic E-state index is 0.0878. The van der Waals surface area contributed by atoms with E-state index in [9.17, 15) is 14.4 Å². The van der Waals surface area contributed by atoms with Gasteiger partial charge in [-0.25, -0.2) is 0 Å². The summed E-state index contributed by atoms with van der Waals surface area (Å²) in [5.41, 5.74) is 0. The van der Waals surface area contributed by atoms with Gasteiger partial charge < -0.3 is 14.2 Å². The van der Waals surface area contributed by atoms with Crippen molar-refractivity contribution in [3.8, 4) is 0 Å². The monoisotopic (exact) mass is 937 g/mol. The van der Waals surface area contributed by atoms with Crippen molar-refractivity contribution in [2.45, 2.75) is 297 Å². The third-order valence-corrected chi connectivity index (χ3v) is 12.5. The van der Waals surface area contributed by atoms with Gasteiger partial charge in [-0.05, 0) is 57.8 Å². The van der Waals surface area contributed by atoms with Crippen LogP contribution in [0.4, 0.5) is 0 Å². The van der Waals surface area contributed by atoms with Gasteiger partial charge in [-0.3, -0.25) is 14.4 Å². The van der Waals surface area contributed by atoms with Crippen LogP contribution in [0.1, 0.15) is 290 Å². The highest BCUT2D eigenvalue weighted by molar-refractivity contribution is 5.71. The third kappa shape index (κ3) is 53.9. The summed E-state index contributed by atoms with van der Waals surface area (Å²) in [4.78, 5) is 38.1. The number of allylic oxidation sites excluding steroid dienone is 10. The van der Waals surface area contributed by atoms with Crippen LogP contribution in [0.15, 0.2) is 60.8 Å². The summed E-state index contributed by atoms with van der Waals surface area (Å²) in [5.74, 6) is -0.934. The van der Waals surface area contributed by atoms with Crippen LogP contribution in [0.3, 0.4) is 0 Å². The van der Waals surface area contributed by atoms with Crippen molar-refractivity contribution in [2.24, 2.45) is 0 Å². The molecule has 0 heterocycles. The Morgan fingerprint density at radius 3 is 0.910 bits per heavy atom. The molecule has 1 atom stereocenters. The lowest BCUT2D eigenvalue weighted by molar-refractivity contribution is -0.167. The van der Waals surface area contributed by atoms with Crippen molar-refractivity contribution >= 4 is 17.9 Å². The first kappa shape index (κ1) is 64.1. The first-order valence-corrected chi connectivity index (χ1v) is 28.8. The Morgan fingerprint density at radius 1 is 0.313 bits per heavy atom. The van der Waals surface area contributed by atoms with E-state index in [1.807, 2.05) is 0 Å². The van der Waals surface area contributed by atoms with E-state index < -0.39 is 6.10 Å². The van der Waals surface area contributed by atoms with Gasteiger partial charge in [0, 0.05) is 19.3 Å². The normalized spacial score (nSPS) is 12.5. The Labute approximate surface area is 415 Å². The Morgan fingerprint density at radius 2 is 0.582 bits per heavy atom. The fraction of sp³-hybridized carbons (Fsp3) is 0.787. The summed E-state index contributed by atoms with van der Waals surface area (Å²) >= 11 is 0. The van der Waals surface area contributed by atoms with Crippen LogP contribution in [0.25, 0.3) is 0 Å². The molecule has 0 saturated heterocycles. The molecule has 0 rings (SSSR count). The molecule has 0 radical (unpaired) electrons. The van der Waals surface area contributed by atoms with Crippen molar-refractivity contribution in [3.05, 3.63) is 60.8 Å². The predicted molar refractivity (Wildman–Crippen MR) is 288 cm³/mol. The second-order valence-electron chi connectivity index (χ2n) is 19.2. The molecular formula is C61H108O6. The summed E-state index contributed by atoms with van der Waals surface area (Å²) in [7, 11) is 0. The Kier molecular flexibility index (Phi) is 53.3. The van der Waals surface area contributed by atoms with Crippen molar-refractivity contribution in [1.29, 1.82) is 0 Å². The average Bonchev–Trinajstić information content (AvgIpc) is 3.33. The third-order valence-electron chi connectivity index (χ3n) is 12.5. The molecule has 0 saturated carbocycles. The zero-order chi connectivity index (χ0) is 48.6. The van der Waals surface area contributed by atoms with Crippen LogP contribution < -0.4 is 0 Å². The predicted octanol–water partition coefficient (Wildman–Crippen LogP) is 19.2. The summed E-state index contributed by atoms with van der Waals surface area (Å²) in [6.45, 7) is 6.51. The van der Waals surface area contributed by atoms with E-state index in [2.05, 4.69) is 81.5 Å². The maximum atomic E-state index is 12.9. The standard InChI is InChI=1S/C61H108O6/c1-4-7-10-13-16-19-22-25-27-29-30-32-34-37-40-43-46-49-52-55-61(64)67-58(56-65-59(62)53-50-47-44-41-38-35-24-21-18-15-12-9-6-3)57-66-60(63)54-51-48-45-42-39-36-33-31-28-26-23-20-17-14-11-8-5-2/h8,11,17,20,26,28,33,36,42,45,58H,4-7,9-10,12-16,18-19,21-25,27,29-32,34-35,37-41,43-44,46-57H2,1-3H3/b11-8-,20-17-,28-26-,36-33-,45-42-/t58-/m0/s1. The van der Waals surface area contributed by atoms with E-state index in [1.54, 1.807) is 0 Å². The van der Waals surface area contributed by atoms with E-state index in [1.165, 1.54) is 167 Å². The number of hydrogen-bond donors (Lipinski definition) is 0. The lowest BCUT2D eigenvalue weighted by atomic mass is 10.0. The van der Waals surface area contributed by atoms with Gasteiger partial charge in [0.25, 0.3) is 0 Å². The Bertz CT molecular complexity index is 1210. The van der Waals surface area contributed by atoms with Gasteiger partial charge >= 0.3 is 17.9 Å². The second kappa shape index (κ2) is 55.7. The Hall–Kier alpha value is -2.89. The van der Waals surface area contributed by atoms with Gasteiger partial charge in [0.2, 0.25) is 0 Å². The highest BCUT2D eigenvalue weighted by Crippen LogP contribution is 2.17. The number of ether oxygens (including phenoxy) is 3. The second-order valence-corrected chi connectivity index (χ2v) is 19.2. The summed E-state index contributed by atoms with van der Waals surface area (Å²) < 4.78 is 16.8. The summed E-state index contributed by atoms with van der Waals surface area (Å²) in [6, 6.07) is 0. The van der Waals surface area contributed by atoms with Gasteiger partial charge in [-0.2, -0.15) is 0 Å². The molecule has 0 aliphatic rings. The van der Waals surface area contributed by atoms with Crippen molar-refractivity contribution in [2.75, 3.05) is 13.2 Å². The molecule has 0 aliphatic heterocycles. The lowest BCUT2D eigenvalue weighted by Crippen LogP contribution is -2.30. The molecule has 6 heteroatoms.